The zero-order valence-corrected chi connectivity index (χ0v) is 22.2. The van der Waals surface area contributed by atoms with Crippen molar-refractivity contribution in [3.8, 4) is 16.9 Å². The van der Waals surface area contributed by atoms with Crippen LogP contribution in [0.5, 0.6) is 5.75 Å². The second-order valence-electron chi connectivity index (χ2n) is 10.7. The summed E-state index contributed by atoms with van der Waals surface area (Å²) in [6.07, 6.45) is 22.1. The van der Waals surface area contributed by atoms with E-state index in [0.29, 0.717) is 0 Å². The summed E-state index contributed by atoms with van der Waals surface area (Å²) < 4.78 is 5.93. The molecular formula is C33H50O. The van der Waals surface area contributed by atoms with Crippen molar-refractivity contribution in [2.75, 3.05) is 6.61 Å². The van der Waals surface area contributed by atoms with Gasteiger partial charge in [-0.25, -0.2) is 0 Å². The first-order valence-corrected chi connectivity index (χ1v) is 14.6. The van der Waals surface area contributed by atoms with E-state index in [0.717, 1.165) is 30.6 Å². The van der Waals surface area contributed by atoms with Crippen molar-refractivity contribution in [3.63, 3.8) is 0 Å². The van der Waals surface area contributed by atoms with Crippen LogP contribution in [0.25, 0.3) is 11.1 Å². The molecular weight excluding hydrogens is 412 g/mol. The Morgan fingerprint density at radius 3 is 1.74 bits per heavy atom. The molecule has 188 valence electrons. The summed E-state index contributed by atoms with van der Waals surface area (Å²) in [7, 11) is 0. The van der Waals surface area contributed by atoms with Crippen molar-refractivity contribution in [2.24, 2.45) is 5.92 Å². The van der Waals surface area contributed by atoms with Gasteiger partial charge in [-0.05, 0) is 72.8 Å². The number of rotatable bonds is 16. The summed E-state index contributed by atoms with van der Waals surface area (Å²) in [5, 5.41) is 0. The van der Waals surface area contributed by atoms with E-state index in [4.69, 9.17) is 4.74 Å². The van der Waals surface area contributed by atoms with Crippen LogP contribution >= 0.6 is 0 Å². The lowest BCUT2D eigenvalue weighted by atomic mass is 9.77. The fraction of sp³-hybridized carbons (Fsp3) is 0.636. The maximum Gasteiger partial charge on any atom is 0.119 e. The minimum atomic E-state index is 0.767. The fourth-order valence-corrected chi connectivity index (χ4v) is 5.58. The first-order valence-electron chi connectivity index (χ1n) is 14.6. The SMILES string of the molecule is CCCCCCCCC1CCC(c2ccc(-c3ccc(OCCCCCCC)cc3)cc2)CC1. The van der Waals surface area contributed by atoms with Gasteiger partial charge in [-0.2, -0.15) is 0 Å². The fourth-order valence-electron chi connectivity index (χ4n) is 5.58. The van der Waals surface area contributed by atoms with Gasteiger partial charge in [-0.15, -0.1) is 0 Å². The second-order valence-corrected chi connectivity index (χ2v) is 10.7. The van der Waals surface area contributed by atoms with Crippen molar-refractivity contribution >= 4 is 0 Å². The first kappa shape index (κ1) is 26.8. The molecule has 1 aliphatic rings. The lowest BCUT2D eigenvalue weighted by Crippen LogP contribution is -2.13. The van der Waals surface area contributed by atoms with Crippen molar-refractivity contribution in [2.45, 2.75) is 122 Å². The molecule has 0 spiro atoms. The molecule has 2 aromatic rings. The topological polar surface area (TPSA) is 9.23 Å². The molecule has 0 radical (unpaired) electrons. The third-order valence-electron chi connectivity index (χ3n) is 7.90. The molecule has 0 amide bonds. The van der Waals surface area contributed by atoms with Crippen LogP contribution in [0, 0.1) is 5.92 Å². The van der Waals surface area contributed by atoms with Crippen LogP contribution in [0.15, 0.2) is 48.5 Å². The molecule has 1 fully saturated rings. The van der Waals surface area contributed by atoms with E-state index in [1.807, 2.05) is 0 Å². The molecule has 0 aliphatic heterocycles. The summed E-state index contributed by atoms with van der Waals surface area (Å²) in [6, 6.07) is 18.1. The lowest BCUT2D eigenvalue weighted by molar-refractivity contribution is 0.302. The van der Waals surface area contributed by atoms with E-state index >= 15 is 0 Å². The second kappa shape index (κ2) is 16.0. The van der Waals surface area contributed by atoms with Crippen LogP contribution in [0.3, 0.4) is 0 Å². The summed E-state index contributed by atoms with van der Waals surface area (Å²) >= 11 is 0. The Balaban J connectivity index is 1.37. The molecule has 0 unspecified atom stereocenters. The zero-order chi connectivity index (χ0) is 23.8. The van der Waals surface area contributed by atoms with Gasteiger partial charge in [0.15, 0.2) is 0 Å². The van der Waals surface area contributed by atoms with E-state index in [2.05, 4.69) is 62.4 Å². The Labute approximate surface area is 210 Å². The predicted molar refractivity (Wildman–Crippen MR) is 149 cm³/mol. The van der Waals surface area contributed by atoms with Crippen LogP contribution in [0.1, 0.15) is 128 Å². The number of hydrogen-bond acceptors (Lipinski definition) is 1. The van der Waals surface area contributed by atoms with E-state index in [9.17, 15) is 0 Å². The zero-order valence-electron chi connectivity index (χ0n) is 22.2. The van der Waals surface area contributed by atoms with Gasteiger partial charge in [0, 0.05) is 0 Å². The van der Waals surface area contributed by atoms with Gasteiger partial charge in [0.2, 0.25) is 0 Å². The number of unbranched alkanes of at least 4 members (excludes halogenated alkanes) is 9. The maximum atomic E-state index is 5.93. The summed E-state index contributed by atoms with van der Waals surface area (Å²) in [6.45, 7) is 5.39. The molecule has 1 saturated carbocycles. The third-order valence-corrected chi connectivity index (χ3v) is 7.90. The van der Waals surface area contributed by atoms with Crippen molar-refractivity contribution < 1.29 is 4.74 Å². The quantitative estimate of drug-likeness (QED) is 0.225. The van der Waals surface area contributed by atoms with Gasteiger partial charge in [0.1, 0.15) is 5.75 Å². The van der Waals surface area contributed by atoms with Gasteiger partial charge in [-0.3, -0.25) is 0 Å². The third kappa shape index (κ3) is 9.47. The Kier molecular flexibility index (Phi) is 12.6. The monoisotopic (exact) mass is 462 g/mol. The summed E-state index contributed by atoms with van der Waals surface area (Å²) in [5.74, 6) is 2.75. The van der Waals surface area contributed by atoms with Crippen molar-refractivity contribution in [3.05, 3.63) is 54.1 Å². The van der Waals surface area contributed by atoms with Gasteiger partial charge in [0.25, 0.3) is 0 Å². The standard InChI is InChI=1S/C33H50O/c1-3-5-7-9-10-12-14-28-15-17-29(18-16-28)30-19-21-31(22-20-30)32-23-25-33(26-24-32)34-27-13-11-8-6-4-2/h19-26,28-29H,3-18,27H2,1-2H3. The molecule has 1 aliphatic carbocycles. The molecule has 3 rings (SSSR count). The van der Waals surface area contributed by atoms with E-state index in [1.165, 1.54) is 107 Å². The summed E-state index contributed by atoms with van der Waals surface area (Å²) in [5.41, 5.74) is 4.14. The number of hydrogen-bond donors (Lipinski definition) is 0. The highest BCUT2D eigenvalue weighted by atomic mass is 16.5. The average Bonchev–Trinajstić information content (AvgIpc) is 2.89. The van der Waals surface area contributed by atoms with Gasteiger partial charge in [0.05, 0.1) is 6.61 Å². The Bertz CT molecular complexity index is 752. The van der Waals surface area contributed by atoms with Gasteiger partial charge in [-0.1, -0.05) is 121 Å². The normalized spacial score (nSPS) is 18.2. The Hall–Kier alpha value is -1.76. The highest BCUT2D eigenvalue weighted by molar-refractivity contribution is 5.64. The molecule has 0 heterocycles. The van der Waals surface area contributed by atoms with Crippen molar-refractivity contribution in [1.82, 2.24) is 0 Å². The highest BCUT2D eigenvalue weighted by Gasteiger charge is 2.22. The molecule has 1 heteroatoms. The van der Waals surface area contributed by atoms with E-state index < -0.39 is 0 Å². The Morgan fingerprint density at radius 1 is 0.588 bits per heavy atom. The largest absolute Gasteiger partial charge is 0.494 e. The van der Waals surface area contributed by atoms with Crippen LogP contribution in [-0.4, -0.2) is 6.61 Å². The van der Waals surface area contributed by atoms with Crippen LogP contribution < -0.4 is 4.74 Å². The van der Waals surface area contributed by atoms with Crippen LogP contribution in [0.4, 0.5) is 0 Å². The number of benzene rings is 2. The lowest BCUT2D eigenvalue weighted by Gasteiger charge is -2.29. The van der Waals surface area contributed by atoms with Crippen LogP contribution in [0.2, 0.25) is 0 Å². The highest BCUT2D eigenvalue weighted by Crippen LogP contribution is 2.38. The molecule has 0 aromatic heterocycles. The number of ether oxygens (including phenoxy) is 1. The molecule has 34 heavy (non-hydrogen) atoms. The molecule has 1 nitrogen and oxygen atoms in total. The molecule has 0 saturated heterocycles. The van der Waals surface area contributed by atoms with Gasteiger partial charge < -0.3 is 4.74 Å². The van der Waals surface area contributed by atoms with Crippen molar-refractivity contribution in [1.29, 1.82) is 0 Å². The Morgan fingerprint density at radius 2 is 1.12 bits per heavy atom. The van der Waals surface area contributed by atoms with Gasteiger partial charge >= 0.3 is 0 Å². The minimum absolute atomic E-state index is 0.767. The van der Waals surface area contributed by atoms with E-state index in [1.54, 1.807) is 5.56 Å². The maximum absolute atomic E-state index is 5.93. The van der Waals surface area contributed by atoms with Crippen LogP contribution in [-0.2, 0) is 0 Å². The molecule has 0 bridgehead atoms. The molecule has 0 atom stereocenters. The smallest absolute Gasteiger partial charge is 0.119 e. The minimum Gasteiger partial charge on any atom is -0.494 e. The average molecular weight is 463 g/mol. The molecule has 2 aromatic carbocycles. The predicted octanol–water partition coefficient (Wildman–Crippen LogP) is 10.7. The first-order chi connectivity index (χ1) is 16.8. The van der Waals surface area contributed by atoms with E-state index in [-0.39, 0.29) is 0 Å². The summed E-state index contributed by atoms with van der Waals surface area (Å²) in [4.78, 5) is 0. The molecule has 0 N–H and O–H groups in total.